The van der Waals surface area contributed by atoms with E-state index < -0.39 is 0 Å². The Kier molecular flexibility index (Phi) is 4.81. The number of carbonyl (C=O) groups excluding carboxylic acids is 2. The van der Waals surface area contributed by atoms with E-state index in [-0.39, 0.29) is 23.8 Å². The zero-order valence-electron chi connectivity index (χ0n) is 13.3. The highest BCUT2D eigenvalue weighted by atomic mass is 16.5. The zero-order valence-corrected chi connectivity index (χ0v) is 13.3. The first-order valence-corrected chi connectivity index (χ1v) is 7.35. The molecule has 0 heterocycles. The summed E-state index contributed by atoms with van der Waals surface area (Å²) in [6.07, 6.45) is 0. The van der Waals surface area contributed by atoms with Gasteiger partial charge in [0.1, 0.15) is 11.5 Å². The summed E-state index contributed by atoms with van der Waals surface area (Å²) in [6, 6.07) is 10.7. The van der Waals surface area contributed by atoms with Crippen molar-refractivity contribution in [3.05, 3.63) is 36.4 Å². The first kappa shape index (κ1) is 16.0. The van der Waals surface area contributed by atoms with E-state index in [1.807, 2.05) is 24.3 Å². The van der Waals surface area contributed by atoms with Crippen LogP contribution in [0.4, 0.5) is 0 Å². The number of rotatable bonds is 4. The fourth-order valence-corrected chi connectivity index (χ4v) is 1.87. The van der Waals surface area contributed by atoms with Gasteiger partial charge in [0.15, 0.2) is 0 Å². The molecule has 22 heavy (non-hydrogen) atoms. The Morgan fingerprint density at radius 2 is 1.09 bits per heavy atom. The van der Waals surface area contributed by atoms with Gasteiger partial charge in [0.05, 0.1) is 11.8 Å². The highest BCUT2D eigenvalue weighted by Crippen LogP contribution is 2.33. The van der Waals surface area contributed by atoms with E-state index in [1.165, 1.54) is 0 Å². The normalized spacial score (nSPS) is 11.0. The standard InChI is InChI=1S/C18H20O4/c1-11(2)17(19)21-15-9-10-16(22-18(20)12(3)4)14-8-6-5-7-13(14)15/h5-12H,1-4H3. The Labute approximate surface area is 130 Å². The van der Waals surface area contributed by atoms with Gasteiger partial charge in [-0.15, -0.1) is 0 Å². The summed E-state index contributed by atoms with van der Waals surface area (Å²) >= 11 is 0. The molecule has 2 rings (SSSR count). The SMILES string of the molecule is CC(C)C(=O)Oc1ccc(OC(=O)C(C)C)c2ccccc12. The maximum absolute atomic E-state index is 11.8. The Morgan fingerprint density at radius 1 is 0.727 bits per heavy atom. The highest BCUT2D eigenvalue weighted by molar-refractivity contribution is 5.96. The van der Waals surface area contributed by atoms with Crippen LogP contribution in [0, 0.1) is 11.8 Å². The van der Waals surface area contributed by atoms with Gasteiger partial charge in [-0.25, -0.2) is 0 Å². The summed E-state index contributed by atoms with van der Waals surface area (Å²) in [5, 5.41) is 1.48. The highest BCUT2D eigenvalue weighted by Gasteiger charge is 2.16. The van der Waals surface area contributed by atoms with Gasteiger partial charge < -0.3 is 9.47 Å². The van der Waals surface area contributed by atoms with Crippen molar-refractivity contribution >= 4 is 22.7 Å². The van der Waals surface area contributed by atoms with Gasteiger partial charge in [-0.1, -0.05) is 52.0 Å². The summed E-state index contributed by atoms with van der Waals surface area (Å²) in [6.45, 7) is 7.12. The fraction of sp³-hybridized carbons (Fsp3) is 0.333. The summed E-state index contributed by atoms with van der Waals surface area (Å²) in [5.41, 5.74) is 0. The number of ether oxygens (including phenoxy) is 2. The summed E-state index contributed by atoms with van der Waals surface area (Å²) in [4.78, 5) is 23.6. The average Bonchev–Trinajstić information content (AvgIpc) is 2.49. The molecule has 116 valence electrons. The first-order chi connectivity index (χ1) is 10.4. The molecule has 0 radical (unpaired) electrons. The van der Waals surface area contributed by atoms with Gasteiger partial charge in [0.2, 0.25) is 0 Å². The minimum Gasteiger partial charge on any atom is -0.426 e. The van der Waals surface area contributed by atoms with Gasteiger partial charge >= 0.3 is 11.9 Å². The molecule has 0 saturated carbocycles. The van der Waals surface area contributed by atoms with Crippen LogP contribution in [-0.2, 0) is 9.59 Å². The van der Waals surface area contributed by atoms with Gasteiger partial charge in [-0.05, 0) is 12.1 Å². The molecule has 0 aliphatic rings. The molecule has 0 fully saturated rings. The van der Waals surface area contributed by atoms with Crippen molar-refractivity contribution in [3.8, 4) is 11.5 Å². The number of benzene rings is 2. The van der Waals surface area contributed by atoms with Crippen molar-refractivity contribution in [1.82, 2.24) is 0 Å². The lowest BCUT2D eigenvalue weighted by Gasteiger charge is -2.13. The Morgan fingerprint density at radius 3 is 1.41 bits per heavy atom. The van der Waals surface area contributed by atoms with Gasteiger partial charge in [-0.3, -0.25) is 9.59 Å². The molecule has 0 atom stereocenters. The van der Waals surface area contributed by atoms with Gasteiger partial charge in [0.25, 0.3) is 0 Å². The summed E-state index contributed by atoms with van der Waals surface area (Å²) in [7, 11) is 0. The maximum atomic E-state index is 11.8. The van der Waals surface area contributed by atoms with Crippen LogP contribution in [0.2, 0.25) is 0 Å². The van der Waals surface area contributed by atoms with E-state index in [4.69, 9.17) is 9.47 Å². The molecule has 4 heteroatoms. The average molecular weight is 300 g/mol. The lowest BCUT2D eigenvalue weighted by atomic mass is 10.1. The van der Waals surface area contributed by atoms with Crippen molar-refractivity contribution in [1.29, 1.82) is 0 Å². The van der Waals surface area contributed by atoms with Crippen LogP contribution in [0.25, 0.3) is 10.8 Å². The largest absolute Gasteiger partial charge is 0.426 e. The fourth-order valence-electron chi connectivity index (χ4n) is 1.87. The molecule has 4 nitrogen and oxygen atoms in total. The second-order valence-electron chi connectivity index (χ2n) is 5.76. The van der Waals surface area contributed by atoms with Crippen molar-refractivity contribution < 1.29 is 19.1 Å². The third kappa shape index (κ3) is 3.45. The molecule has 2 aromatic rings. The van der Waals surface area contributed by atoms with E-state index in [0.717, 1.165) is 10.8 Å². The molecule has 0 N–H and O–H groups in total. The molecule has 0 saturated heterocycles. The van der Waals surface area contributed by atoms with E-state index in [1.54, 1.807) is 39.8 Å². The molecule has 0 aromatic heterocycles. The molecule has 0 unspecified atom stereocenters. The summed E-state index contributed by atoms with van der Waals surface area (Å²) < 4.78 is 10.8. The van der Waals surface area contributed by atoms with Crippen LogP contribution in [0.3, 0.4) is 0 Å². The van der Waals surface area contributed by atoms with Gasteiger partial charge in [-0.2, -0.15) is 0 Å². The lowest BCUT2D eigenvalue weighted by molar-refractivity contribution is -0.138. The second kappa shape index (κ2) is 6.60. The van der Waals surface area contributed by atoms with Crippen molar-refractivity contribution in [2.45, 2.75) is 27.7 Å². The van der Waals surface area contributed by atoms with Crippen LogP contribution in [-0.4, -0.2) is 11.9 Å². The number of hydrogen-bond acceptors (Lipinski definition) is 4. The molecule has 0 aliphatic carbocycles. The maximum Gasteiger partial charge on any atom is 0.313 e. The number of hydrogen-bond donors (Lipinski definition) is 0. The Bertz CT molecular complexity index is 641. The van der Waals surface area contributed by atoms with Crippen LogP contribution in [0.5, 0.6) is 11.5 Å². The third-order valence-corrected chi connectivity index (χ3v) is 3.21. The van der Waals surface area contributed by atoms with Crippen molar-refractivity contribution in [2.24, 2.45) is 11.8 Å². The predicted molar refractivity (Wildman–Crippen MR) is 84.9 cm³/mol. The second-order valence-corrected chi connectivity index (χ2v) is 5.76. The molecule has 0 bridgehead atoms. The number of esters is 2. The van der Waals surface area contributed by atoms with Crippen LogP contribution in [0.1, 0.15) is 27.7 Å². The molecule has 2 aromatic carbocycles. The number of carbonyl (C=O) groups is 2. The van der Waals surface area contributed by atoms with Gasteiger partial charge in [0, 0.05) is 10.8 Å². The molecule has 0 amide bonds. The third-order valence-electron chi connectivity index (χ3n) is 3.21. The first-order valence-electron chi connectivity index (χ1n) is 7.35. The quantitative estimate of drug-likeness (QED) is 0.633. The molecular weight excluding hydrogens is 280 g/mol. The zero-order chi connectivity index (χ0) is 16.3. The van der Waals surface area contributed by atoms with E-state index >= 15 is 0 Å². The monoisotopic (exact) mass is 300 g/mol. The molecule has 0 spiro atoms. The molecular formula is C18H20O4. The minimum atomic E-state index is -0.294. The van der Waals surface area contributed by atoms with Crippen molar-refractivity contribution in [3.63, 3.8) is 0 Å². The topological polar surface area (TPSA) is 52.6 Å². The smallest absolute Gasteiger partial charge is 0.313 e. The van der Waals surface area contributed by atoms with E-state index in [2.05, 4.69) is 0 Å². The van der Waals surface area contributed by atoms with Crippen LogP contribution >= 0.6 is 0 Å². The lowest BCUT2D eigenvalue weighted by Crippen LogP contribution is -2.16. The van der Waals surface area contributed by atoms with Crippen molar-refractivity contribution in [2.75, 3.05) is 0 Å². The Balaban J connectivity index is 2.43. The Hall–Kier alpha value is -2.36. The molecule has 0 aliphatic heterocycles. The predicted octanol–water partition coefficient (Wildman–Crippen LogP) is 3.96. The van der Waals surface area contributed by atoms with E-state index in [0.29, 0.717) is 11.5 Å². The van der Waals surface area contributed by atoms with E-state index in [9.17, 15) is 9.59 Å². The summed E-state index contributed by atoms with van der Waals surface area (Å²) in [5.74, 6) is -0.0686. The van der Waals surface area contributed by atoms with Crippen LogP contribution in [0.15, 0.2) is 36.4 Å². The number of fused-ring (bicyclic) bond motifs is 1. The van der Waals surface area contributed by atoms with Crippen LogP contribution < -0.4 is 9.47 Å². The minimum absolute atomic E-state index is 0.211.